The lowest BCUT2D eigenvalue weighted by atomic mass is 10.2. The van der Waals surface area contributed by atoms with Gasteiger partial charge in [-0.2, -0.15) is 0 Å². The number of halogens is 2. The van der Waals surface area contributed by atoms with Crippen LogP contribution in [0.5, 0.6) is 5.75 Å². The van der Waals surface area contributed by atoms with Gasteiger partial charge in [-0.15, -0.1) is 0 Å². The van der Waals surface area contributed by atoms with Crippen molar-refractivity contribution in [1.29, 1.82) is 0 Å². The maximum absolute atomic E-state index is 12.3. The first-order chi connectivity index (χ1) is 11.6. The topological polar surface area (TPSA) is 51.5 Å². The number of ether oxygens (including phenoxy) is 1. The molecular formula is C18H13Cl2NO3. The van der Waals surface area contributed by atoms with Crippen molar-refractivity contribution >= 4 is 34.8 Å². The molecule has 4 nitrogen and oxygen atoms in total. The summed E-state index contributed by atoms with van der Waals surface area (Å²) < 4.78 is 10.7. The van der Waals surface area contributed by atoms with E-state index in [0.717, 1.165) is 0 Å². The molecular weight excluding hydrogens is 349 g/mol. The minimum Gasteiger partial charge on any atom is -0.497 e. The smallest absolute Gasteiger partial charge is 0.291 e. The molecule has 2 aromatic carbocycles. The molecule has 0 fully saturated rings. The number of furan rings is 1. The van der Waals surface area contributed by atoms with Crippen molar-refractivity contribution in [3.63, 3.8) is 0 Å². The Balaban J connectivity index is 1.79. The van der Waals surface area contributed by atoms with Crippen LogP contribution >= 0.6 is 23.2 Å². The van der Waals surface area contributed by atoms with Gasteiger partial charge in [0.2, 0.25) is 0 Å². The molecule has 1 heterocycles. The maximum Gasteiger partial charge on any atom is 0.291 e. The number of hydrogen-bond donors (Lipinski definition) is 1. The molecule has 24 heavy (non-hydrogen) atoms. The average Bonchev–Trinajstić information content (AvgIpc) is 3.08. The lowest BCUT2D eigenvalue weighted by Crippen LogP contribution is -2.10. The van der Waals surface area contributed by atoms with Crippen LogP contribution in [0.1, 0.15) is 10.6 Å². The average molecular weight is 362 g/mol. The Bertz CT molecular complexity index is 872. The highest BCUT2D eigenvalue weighted by Crippen LogP contribution is 2.32. The number of benzene rings is 2. The molecule has 0 unspecified atom stereocenters. The number of anilines is 1. The van der Waals surface area contributed by atoms with Crippen LogP contribution in [-0.2, 0) is 0 Å². The van der Waals surface area contributed by atoms with E-state index in [4.69, 9.17) is 32.4 Å². The van der Waals surface area contributed by atoms with Gasteiger partial charge in [-0.3, -0.25) is 4.79 Å². The van der Waals surface area contributed by atoms with Crippen LogP contribution in [0.25, 0.3) is 11.3 Å². The molecule has 1 amide bonds. The first kappa shape index (κ1) is 16.4. The number of carbonyl (C=O) groups excluding carboxylic acids is 1. The van der Waals surface area contributed by atoms with Gasteiger partial charge in [0.15, 0.2) is 5.76 Å². The summed E-state index contributed by atoms with van der Waals surface area (Å²) in [5.41, 5.74) is 1.27. The minimum atomic E-state index is -0.357. The van der Waals surface area contributed by atoms with Gasteiger partial charge < -0.3 is 14.5 Å². The summed E-state index contributed by atoms with van der Waals surface area (Å²) in [6.07, 6.45) is 0. The van der Waals surface area contributed by atoms with Gasteiger partial charge in [-0.25, -0.2) is 0 Å². The second-order valence-electron chi connectivity index (χ2n) is 4.97. The number of carbonyl (C=O) groups is 1. The van der Waals surface area contributed by atoms with E-state index in [1.165, 1.54) is 0 Å². The van der Waals surface area contributed by atoms with Crippen molar-refractivity contribution in [3.8, 4) is 17.1 Å². The summed E-state index contributed by atoms with van der Waals surface area (Å²) in [5, 5.41) is 3.79. The zero-order valence-corrected chi connectivity index (χ0v) is 14.2. The number of methoxy groups -OCH3 is 1. The molecule has 1 aromatic heterocycles. The standard InChI is InChI=1S/C18H13Cl2NO3/c1-23-13-5-3-12(4-6-13)21-18(22)17-9-8-16(24-17)14-10-11(19)2-7-15(14)20/h2-10H,1H3,(H,21,22). The van der Waals surface area contributed by atoms with Crippen molar-refractivity contribution in [3.05, 3.63) is 70.4 Å². The molecule has 0 aliphatic heterocycles. The minimum absolute atomic E-state index is 0.178. The Hall–Kier alpha value is -2.43. The number of nitrogens with one attached hydrogen (secondary N) is 1. The van der Waals surface area contributed by atoms with Crippen LogP contribution in [0.4, 0.5) is 5.69 Å². The lowest BCUT2D eigenvalue weighted by molar-refractivity contribution is 0.0997. The van der Waals surface area contributed by atoms with E-state index >= 15 is 0 Å². The highest BCUT2D eigenvalue weighted by atomic mass is 35.5. The molecule has 0 atom stereocenters. The van der Waals surface area contributed by atoms with Crippen molar-refractivity contribution in [2.45, 2.75) is 0 Å². The molecule has 1 N–H and O–H groups in total. The number of rotatable bonds is 4. The zero-order chi connectivity index (χ0) is 17.1. The van der Waals surface area contributed by atoms with Gasteiger partial charge >= 0.3 is 0 Å². The molecule has 0 aliphatic carbocycles. The zero-order valence-electron chi connectivity index (χ0n) is 12.7. The fourth-order valence-electron chi connectivity index (χ4n) is 2.16. The first-order valence-electron chi connectivity index (χ1n) is 7.07. The van der Waals surface area contributed by atoms with Gasteiger partial charge in [-0.05, 0) is 54.6 Å². The Morgan fingerprint density at radius 3 is 2.50 bits per heavy atom. The van der Waals surface area contributed by atoms with Crippen LogP contribution < -0.4 is 10.1 Å². The fourth-order valence-corrected chi connectivity index (χ4v) is 2.54. The van der Waals surface area contributed by atoms with E-state index in [-0.39, 0.29) is 11.7 Å². The van der Waals surface area contributed by atoms with Gasteiger partial charge in [0.1, 0.15) is 11.5 Å². The van der Waals surface area contributed by atoms with Gasteiger partial charge in [0.25, 0.3) is 5.91 Å². The van der Waals surface area contributed by atoms with Crippen LogP contribution in [0.15, 0.2) is 59.0 Å². The molecule has 6 heteroatoms. The lowest BCUT2D eigenvalue weighted by Gasteiger charge is -2.05. The van der Waals surface area contributed by atoms with Crippen molar-refractivity contribution in [2.75, 3.05) is 12.4 Å². The summed E-state index contributed by atoms with van der Waals surface area (Å²) in [5.74, 6) is 1.01. The molecule has 0 bridgehead atoms. The van der Waals surface area contributed by atoms with E-state index in [0.29, 0.717) is 32.8 Å². The normalized spacial score (nSPS) is 10.5. The highest BCUT2D eigenvalue weighted by Gasteiger charge is 2.14. The summed E-state index contributed by atoms with van der Waals surface area (Å²) in [6, 6.07) is 15.3. The van der Waals surface area contributed by atoms with Crippen molar-refractivity contribution < 1.29 is 13.9 Å². The molecule has 0 aliphatic rings. The van der Waals surface area contributed by atoms with Crippen LogP contribution in [0.3, 0.4) is 0 Å². The Kier molecular flexibility index (Phi) is 4.79. The van der Waals surface area contributed by atoms with Gasteiger partial charge in [-0.1, -0.05) is 23.2 Å². The molecule has 0 saturated carbocycles. The largest absolute Gasteiger partial charge is 0.497 e. The summed E-state index contributed by atoms with van der Waals surface area (Å²) in [6.45, 7) is 0. The molecule has 0 spiro atoms. The van der Waals surface area contributed by atoms with Crippen LogP contribution in [0.2, 0.25) is 10.0 Å². The second-order valence-corrected chi connectivity index (χ2v) is 5.81. The van der Waals surface area contributed by atoms with E-state index in [1.54, 1.807) is 61.7 Å². The first-order valence-corrected chi connectivity index (χ1v) is 7.83. The van der Waals surface area contributed by atoms with E-state index in [9.17, 15) is 4.79 Å². The Morgan fingerprint density at radius 2 is 1.79 bits per heavy atom. The Labute approximate surface area is 149 Å². The van der Waals surface area contributed by atoms with Crippen LogP contribution in [0, 0.1) is 0 Å². The van der Waals surface area contributed by atoms with Gasteiger partial charge in [0, 0.05) is 16.3 Å². The number of amides is 1. The van der Waals surface area contributed by atoms with Crippen molar-refractivity contribution in [1.82, 2.24) is 0 Å². The third-order valence-electron chi connectivity index (χ3n) is 3.37. The highest BCUT2D eigenvalue weighted by molar-refractivity contribution is 6.35. The fraction of sp³-hybridized carbons (Fsp3) is 0.0556. The summed E-state index contributed by atoms with van der Waals surface area (Å²) in [4.78, 5) is 12.3. The molecule has 0 radical (unpaired) electrons. The monoisotopic (exact) mass is 361 g/mol. The number of hydrogen-bond acceptors (Lipinski definition) is 3. The van der Waals surface area contributed by atoms with E-state index < -0.39 is 0 Å². The predicted octanol–water partition coefficient (Wildman–Crippen LogP) is 5.51. The quantitative estimate of drug-likeness (QED) is 0.665. The third kappa shape index (κ3) is 3.55. The molecule has 0 saturated heterocycles. The Morgan fingerprint density at radius 1 is 1.04 bits per heavy atom. The maximum atomic E-state index is 12.3. The summed E-state index contributed by atoms with van der Waals surface area (Å²) >= 11 is 12.1. The van der Waals surface area contributed by atoms with Crippen molar-refractivity contribution in [2.24, 2.45) is 0 Å². The SMILES string of the molecule is COc1ccc(NC(=O)c2ccc(-c3cc(Cl)ccc3Cl)o2)cc1. The van der Waals surface area contributed by atoms with Crippen LogP contribution in [-0.4, -0.2) is 13.0 Å². The predicted molar refractivity (Wildman–Crippen MR) is 95.1 cm³/mol. The van der Waals surface area contributed by atoms with E-state index in [2.05, 4.69) is 5.32 Å². The second kappa shape index (κ2) is 6.99. The summed E-state index contributed by atoms with van der Waals surface area (Å²) in [7, 11) is 1.58. The molecule has 3 rings (SSSR count). The molecule has 3 aromatic rings. The third-order valence-corrected chi connectivity index (χ3v) is 3.94. The van der Waals surface area contributed by atoms with E-state index in [1.807, 2.05) is 0 Å². The molecule has 122 valence electrons. The van der Waals surface area contributed by atoms with Gasteiger partial charge in [0.05, 0.1) is 12.1 Å².